The van der Waals surface area contributed by atoms with Crippen LogP contribution in [0.15, 0.2) is 36.4 Å². The molecule has 1 saturated carbocycles. The number of pyridine rings is 1. The zero-order valence-corrected chi connectivity index (χ0v) is 27.4. The van der Waals surface area contributed by atoms with Crippen molar-refractivity contribution in [1.29, 1.82) is 0 Å². The number of halogens is 2. The van der Waals surface area contributed by atoms with Crippen LogP contribution in [0.1, 0.15) is 84.4 Å². The summed E-state index contributed by atoms with van der Waals surface area (Å²) in [6.45, 7) is 9.73. The summed E-state index contributed by atoms with van der Waals surface area (Å²) < 4.78 is 26.6. The van der Waals surface area contributed by atoms with Gasteiger partial charge >= 0.3 is 0 Å². The summed E-state index contributed by atoms with van der Waals surface area (Å²) in [4.78, 5) is 50.9. The van der Waals surface area contributed by atoms with Crippen LogP contribution in [0.3, 0.4) is 0 Å². The van der Waals surface area contributed by atoms with E-state index in [1.165, 1.54) is 5.01 Å². The number of hydrogen-bond acceptors (Lipinski definition) is 6. The number of hydrazine groups is 1. The van der Waals surface area contributed by atoms with Gasteiger partial charge in [0.2, 0.25) is 24.1 Å². The van der Waals surface area contributed by atoms with Gasteiger partial charge in [0, 0.05) is 30.5 Å². The molecular weight excluding hydrogens is 594 g/mol. The molecule has 2 aliphatic rings. The second-order valence-electron chi connectivity index (χ2n) is 12.9. The van der Waals surface area contributed by atoms with Crippen LogP contribution >= 0.6 is 0 Å². The molecule has 1 aromatic heterocycles. The summed E-state index contributed by atoms with van der Waals surface area (Å²) in [5.74, 6) is -3.91. The van der Waals surface area contributed by atoms with E-state index in [1.54, 1.807) is 20.8 Å². The van der Waals surface area contributed by atoms with Crippen molar-refractivity contribution in [2.45, 2.75) is 104 Å². The first kappa shape index (κ1) is 36.5. The minimum atomic E-state index is -2.48. The fourth-order valence-corrected chi connectivity index (χ4v) is 5.52. The monoisotopic (exact) mass is 642 g/mol. The van der Waals surface area contributed by atoms with Gasteiger partial charge in [0.1, 0.15) is 18.1 Å². The second-order valence-corrected chi connectivity index (χ2v) is 12.9. The molecule has 10 nitrogen and oxygen atoms in total. The molecule has 4 rings (SSSR count). The number of allylic oxidation sites excluding steroid dienone is 1. The molecule has 2 aromatic rings. The average molecular weight is 643 g/mol. The van der Waals surface area contributed by atoms with Gasteiger partial charge in [-0.15, -0.1) is 0 Å². The van der Waals surface area contributed by atoms with Crippen LogP contribution in [0, 0.1) is 11.3 Å². The SMILES string of the molecule is CC(NC(=O)C(NC=O)C(C)C)C(=O)N1CCCC(C(N)=O)N1.CCc1ccc2ccc(/C=C/C3(C)CCC(F)(F)CC3)cc2n1. The van der Waals surface area contributed by atoms with Crippen LogP contribution in [0.2, 0.25) is 0 Å². The number of alkyl halides is 2. The van der Waals surface area contributed by atoms with Crippen molar-refractivity contribution in [1.82, 2.24) is 26.1 Å². The molecule has 12 heteroatoms. The number of nitrogens with zero attached hydrogens (tertiary/aromatic N) is 2. The van der Waals surface area contributed by atoms with Crippen LogP contribution in [-0.2, 0) is 25.6 Å². The van der Waals surface area contributed by atoms with E-state index in [0.717, 1.165) is 28.6 Å². The number of carbonyl (C=O) groups is 4. The summed E-state index contributed by atoms with van der Waals surface area (Å²) >= 11 is 0. The number of nitrogens with one attached hydrogen (secondary N) is 3. The van der Waals surface area contributed by atoms with E-state index in [0.29, 0.717) is 38.6 Å². The first-order chi connectivity index (χ1) is 21.7. The molecule has 1 aromatic carbocycles. The molecule has 46 heavy (non-hydrogen) atoms. The predicted octanol–water partition coefficient (Wildman–Crippen LogP) is 4.27. The molecule has 0 radical (unpaired) electrons. The highest BCUT2D eigenvalue weighted by Gasteiger charge is 2.39. The lowest BCUT2D eigenvalue weighted by atomic mass is 9.74. The Morgan fingerprint density at radius 1 is 1.13 bits per heavy atom. The Kier molecular flexibility index (Phi) is 12.8. The van der Waals surface area contributed by atoms with E-state index in [2.05, 4.69) is 77.4 Å². The van der Waals surface area contributed by atoms with Gasteiger partial charge in [-0.25, -0.2) is 14.2 Å². The van der Waals surface area contributed by atoms with E-state index >= 15 is 0 Å². The van der Waals surface area contributed by atoms with Gasteiger partial charge in [0.15, 0.2) is 0 Å². The molecule has 4 amide bonds. The van der Waals surface area contributed by atoms with E-state index in [9.17, 15) is 28.0 Å². The van der Waals surface area contributed by atoms with Gasteiger partial charge in [-0.3, -0.25) is 29.2 Å². The van der Waals surface area contributed by atoms with Crippen molar-refractivity contribution in [3.05, 3.63) is 47.7 Å². The van der Waals surface area contributed by atoms with E-state index in [-0.39, 0.29) is 30.1 Å². The maximum absolute atomic E-state index is 13.3. The number of benzene rings is 1. The fourth-order valence-electron chi connectivity index (χ4n) is 5.52. The molecule has 2 fully saturated rings. The third-order valence-electron chi connectivity index (χ3n) is 8.66. The quantitative estimate of drug-likeness (QED) is 0.285. The Balaban J connectivity index is 0.000000250. The van der Waals surface area contributed by atoms with Gasteiger partial charge in [-0.2, -0.15) is 0 Å². The lowest BCUT2D eigenvalue weighted by Gasteiger charge is -2.35. The maximum atomic E-state index is 13.3. The van der Waals surface area contributed by atoms with Crippen LogP contribution in [0.25, 0.3) is 17.0 Å². The minimum Gasteiger partial charge on any atom is -0.368 e. The summed E-state index contributed by atoms with van der Waals surface area (Å²) in [5.41, 5.74) is 11.0. The van der Waals surface area contributed by atoms with Crippen LogP contribution in [0.5, 0.6) is 0 Å². The fraction of sp³-hybridized carbons (Fsp3) is 0.559. The number of aromatic nitrogens is 1. The number of fused-ring (bicyclic) bond motifs is 1. The zero-order valence-electron chi connectivity index (χ0n) is 27.4. The Bertz CT molecular complexity index is 1410. The van der Waals surface area contributed by atoms with Crippen molar-refractivity contribution in [3.63, 3.8) is 0 Å². The van der Waals surface area contributed by atoms with E-state index in [4.69, 9.17) is 5.73 Å². The van der Waals surface area contributed by atoms with Crippen LogP contribution in [0.4, 0.5) is 8.78 Å². The highest BCUT2D eigenvalue weighted by Crippen LogP contribution is 2.44. The smallest absolute Gasteiger partial charge is 0.258 e. The number of aryl methyl sites for hydroxylation is 1. The number of hydrogen-bond donors (Lipinski definition) is 4. The number of carbonyl (C=O) groups excluding carboxylic acids is 4. The number of amides is 4. The molecule has 3 unspecified atom stereocenters. The summed E-state index contributed by atoms with van der Waals surface area (Å²) in [7, 11) is 0. The predicted molar refractivity (Wildman–Crippen MR) is 174 cm³/mol. The minimum absolute atomic E-state index is 0.00697. The number of rotatable bonds is 10. The average Bonchev–Trinajstić information content (AvgIpc) is 3.03. The lowest BCUT2D eigenvalue weighted by molar-refractivity contribution is -0.142. The molecule has 3 atom stereocenters. The third kappa shape index (κ3) is 10.3. The van der Waals surface area contributed by atoms with Gasteiger partial charge in [0.05, 0.1) is 5.52 Å². The molecule has 1 aliphatic heterocycles. The highest BCUT2D eigenvalue weighted by atomic mass is 19.3. The van der Waals surface area contributed by atoms with E-state index < -0.39 is 35.9 Å². The standard InChI is InChI=1S/C20H23F2N.C14H25N5O4/c1-3-17-7-6-16-5-4-15(14-18(16)23-17)8-9-19(2)10-12-20(21,22)13-11-19;1-8(2)11(16-7-20)13(22)17-9(3)14(23)19-6-4-5-10(18-19)12(15)21/h4-9,14H,3,10-13H2,1-2H3;7-11,18H,4-6H2,1-3H3,(H2,15,21)(H,16,20)(H,17,22)/b9-8+;. The van der Waals surface area contributed by atoms with Crippen molar-refractivity contribution < 1.29 is 28.0 Å². The van der Waals surface area contributed by atoms with E-state index in [1.807, 2.05) is 0 Å². The van der Waals surface area contributed by atoms with Crippen molar-refractivity contribution >= 4 is 41.1 Å². The molecule has 252 valence electrons. The molecule has 0 spiro atoms. The topological polar surface area (TPSA) is 147 Å². The lowest BCUT2D eigenvalue weighted by Crippen LogP contribution is -2.61. The number of nitrogens with two attached hydrogens (primary N) is 1. The largest absolute Gasteiger partial charge is 0.368 e. The van der Waals surface area contributed by atoms with Gasteiger partial charge in [-0.05, 0) is 68.1 Å². The zero-order chi connectivity index (χ0) is 34.1. The van der Waals surface area contributed by atoms with Crippen LogP contribution < -0.4 is 21.8 Å². The molecule has 0 bridgehead atoms. The molecule has 2 heterocycles. The Morgan fingerprint density at radius 2 is 1.80 bits per heavy atom. The third-order valence-corrected chi connectivity index (χ3v) is 8.66. The molecule has 1 saturated heterocycles. The first-order valence-electron chi connectivity index (χ1n) is 16.0. The van der Waals surface area contributed by atoms with Crippen LogP contribution in [-0.4, -0.2) is 64.7 Å². The Labute approximate surface area is 269 Å². The van der Waals surface area contributed by atoms with Gasteiger partial charge < -0.3 is 16.4 Å². The Morgan fingerprint density at radius 3 is 2.41 bits per heavy atom. The Hall–Kier alpha value is -3.93. The maximum Gasteiger partial charge on any atom is 0.258 e. The van der Waals surface area contributed by atoms with Crippen molar-refractivity contribution in [3.8, 4) is 0 Å². The van der Waals surface area contributed by atoms with Crippen molar-refractivity contribution in [2.75, 3.05) is 6.54 Å². The van der Waals surface area contributed by atoms with Gasteiger partial charge in [-0.1, -0.05) is 58.0 Å². The first-order valence-corrected chi connectivity index (χ1v) is 16.0. The number of primary amides is 1. The van der Waals surface area contributed by atoms with Crippen molar-refractivity contribution in [2.24, 2.45) is 17.1 Å². The molecular formula is C34H48F2N6O4. The molecule has 1 aliphatic carbocycles. The summed E-state index contributed by atoms with van der Waals surface area (Å²) in [6.07, 6.45) is 7.83. The highest BCUT2D eigenvalue weighted by molar-refractivity contribution is 5.90. The summed E-state index contributed by atoms with van der Waals surface area (Å²) in [6, 6.07) is 8.26. The summed E-state index contributed by atoms with van der Waals surface area (Å²) in [5, 5.41) is 7.45. The normalized spacial score (nSPS) is 20.3. The second kappa shape index (κ2) is 16.1. The molecule has 5 N–H and O–H groups in total. The van der Waals surface area contributed by atoms with Gasteiger partial charge in [0.25, 0.3) is 5.91 Å².